The van der Waals surface area contributed by atoms with Gasteiger partial charge in [-0.15, -0.1) is 0 Å². The number of benzene rings is 1. The van der Waals surface area contributed by atoms with Crippen molar-refractivity contribution in [1.29, 1.82) is 0 Å². The van der Waals surface area contributed by atoms with E-state index >= 15 is 0 Å². The topological polar surface area (TPSA) is 58.3 Å². The molecule has 0 amide bonds. The molecular weight excluding hydrogens is 233 g/mol. The minimum absolute atomic E-state index is 0.0846. The lowest BCUT2D eigenvalue weighted by molar-refractivity contribution is -0.136. The Morgan fingerprint density at radius 2 is 2.00 bits per heavy atom. The van der Waals surface area contributed by atoms with Gasteiger partial charge in [0.15, 0.2) is 0 Å². The molecule has 1 fully saturated rings. The molecule has 0 saturated heterocycles. The molecule has 1 aliphatic rings. The van der Waals surface area contributed by atoms with Gasteiger partial charge in [0.05, 0.1) is 17.7 Å². The molecule has 0 unspecified atom stereocenters. The summed E-state index contributed by atoms with van der Waals surface area (Å²) in [6.45, 7) is -0.0846. The largest absolute Gasteiger partial charge is 0.418 e. The molecule has 0 aromatic heterocycles. The Hall–Kier alpha value is -1.43. The molecule has 0 atom stereocenters. The number of hydrogen-bond donors (Lipinski definition) is 3. The van der Waals surface area contributed by atoms with Crippen molar-refractivity contribution in [2.75, 3.05) is 17.7 Å². The van der Waals surface area contributed by atoms with Crippen molar-refractivity contribution in [3.8, 4) is 0 Å². The average molecular weight is 246 g/mol. The molecule has 1 aliphatic carbocycles. The van der Waals surface area contributed by atoms with E-state index in [1.54, 1.807) is 0 Å². The number of alkyl halides is 3. The van der Waals surface area contributed by atoms with Crippen LogP contribution in [-0.4, -0.2) is 17.3 Å². The van der Waals surface area contributed by atoms with Gasteiger partial charge in [-0.3, -0.25) is 0 Å². The molecule has 17 heavy (non-hydrogen) atoms. The number of hydrogen-bond acceptors (Lipinski definition) is 3. The van der Waals surface area contributed by atoms with Gasteiger partial charge in [-0.05, 0) is 31.0 Å². The second kappa shape index (κ2) is 3.80. The molecule has 0 spiro atoms. The summed E-state index contributed by atoms with van der Waals surface area (Å²) in [4.78, 5) is 0. The second-order valence-corrected chi connectivity index (χ2v) is 4.36. The molecule has 0 aliphatic heterocycles. The zero-order chi connectivity index (χ0) is 12.7. The minimum atomic E-state index is -4.46. The first kappa shape index (κ1) is 12.0. The zero-order valence-electron chi connectivity index (χ0n) is 9.01. The zero-order valence-corrected chi connectivity index (χ0v) is 9.01. The van der Waals surface area contributed by atoms with Crippen LogP contribution in [0.4, 0.5) is 24.5 Å². The molecule has 0 heterocycles. The summed E-state index contributed by atoms with van der Waals surface area (Å²) in [5, 5.41) is 12.0. The van der Waals surface area contributed by atoms with E-state index in [1.165, 1.54) is 12.1 Å². The van der Waals surface area contributed by atoms with Crippen LogP contribution in [0.2, 0.25) is 0 Å². The predicted molar refractivity (Wildman–Crippen MR) is 58.5 cm³/mol. The molecule has 4 N–H and O–H groups in total. The molecular formula is C11H13F3N2O. The fraction of sp³-hybridized carbons (Fsp3) is 0.455. The summed E-state index contributed by atoms with van der Waals surface area (Å²) in [5.74, 6) is 0. The Morgan fingerprint density at radius 3 is 2.47 bits per heavy atom. The van der Waals surface area contributed by atoms with Crippen LogP contribution in [0.5, 0.6) is 0 Å². The van der Waals surface area contributed by atoms with Crippen molar-refractivity contribution < 1.29 is 18.3 Å². The lowest BCUT2D eigenvalue weighted by Crippen LogP contribution is -2.25. The Bertz CT molecular complexity index is 427. The number of nitrogens with one attached hydrogen (secondary N) is 1. The average Bonchev–Trinajstić information content (AvgIpc) is 3.00. The number of aliphatic hydroxyl groups excluding tert-OH is 1. The third kappa shape index (κ3) is 2.46. The summed E-state index contributed by atoms with van der Waals surface area (Å²) in [5.41, 5.74) is 4.03. The van der Waals surface area contributed by atoms with E-state index in [0.29, 0.717) is 5.69 Å². The number of aliphatic hydroxyl groups is 1. The Balaban J connectivity index is 2.25. The number of halogens is 3. The monoisotopic (exact) mass is 246 g/mol. The van der Waals surface area contributed by atoms with Crippen molar-refractivity contribution >= 4 is 11.4 Å². The van der Waals surface area contributed by atoms with E-state index in [4.69, 9.17) is 10.8 Å². The van der Waals surface area contributed by atoms with E-state index in [-0.39, 0.29) is 12.3 Å². The lowest BCUT2D eigenvalue weighted by atomic mass is 10.1. The van der Waals surface area contributed by atoms with Crippen LogP contribution in [0.15, 0.2) is 18.2 Å². The first-order chi connectivity index (χ1) is 7.86. The van der Waals surface area contributed by atoms with Crippen LogP contribution in [0.25, 0.3) is 0 Å². The number of nitrogen functional groups attached to an aromatic ring is 1. The van der Waals surface area contributed by atoms with Crippen molar-refractivity contribution in [1.82, 2.24) is 0 Å². The third-order valence-electron chi connectivity index (χ3n) is 2.92. The van der Waals surface area contributed by atoms with Gasteiger partial charge >= 0.3 is 6.18 Å². The fourth-order valence-corrected chi connectivity index (χ4v) is 1.66. The van der Waals surface area contributed by atoms with E-state index < -0.39 is 17.3 Å². The Labute approximate surface area is 96.4 Å². The van der Waals surface area contributed by atoms with E-state index in [2.05, 4.69) is 5.32 Å². The van der Waals surface area contributed by atoms with Crippen molar-refractivity contribution in [2.45, 2.75) is 24.6 Å². The van der Waals surface area contributed by atoms with Crippen molar-refractivity contribution in [3.05, 3.63) is 23.8 Å². The maximum atomic E-state index is 12.6. The molecule has 1 saturated carbocycles. The predicted octanol–water partition coefficient (Wildman–Crippen LogP) is 2.22. The van der Waals surface area contributed by atoms with Crippen molar-refractivity contribution in [2.24, 2.45) is 0 Å². The molecule has 6 heteroatoms. The van der Waals surface area contributed by atoms with Crippen LogP contribution in [0.3, 0.4) is 0 Å². The molecule has 1 aromatic rings. The smallest absolute Gasteiger partial charge is 0.398 e. The standard InChI is InChI=1S/C11H13F3N2O/c12-11(13,14)8-5-7(1-2-9(8)15)16-10(6-17)3-4-10/h1-2,5,16-17H,3-4,6,15H2. The summed E-state index contributed by atoms with van der Waals surface area (Å²) in [6, 6.07) is 3.68. The highest BCUT2D eigenvalue weighted by molar-refractivity contribution is 5.59. The maximum absolute atomic E-state index is 12.6. The summed E-state index contributed by atoms with van der Waals surface area (Å²) in [6.07, 6.45) is -2.94. The van der Waals surface area contributed by atoms with Crippen LogP contribution < -0.4 is 11.1 Å². The molecule has 94 valence electrons. The number of nitrogens with two attached hydrogens (primary N) is 1. The molecule has 0 radical (unpaired) electrons. The van der Waals surface area contributed by atoms with Crippen LogP contribution in [0.1, 0.15) is 18.4 Å². The Kier molecular flexibility index (Phi) is 2.69. The van der Waals surface area contributed by atoms with E-state index in [1.807, 2.05) is 0 Å². The highest BCUT2D eigenvalue weighted by Gasteiger charge is 2.42. The van der Waals surface area contributed by atoms with Gasteiger partial charge in [-0.25, -0.2) is 0 Å². The van der Waals surface area contributed by atoms with Gasteiger partial charge in [0.1, 0.15) is 0 Å². The lowest BCUT2D eigenvalue weighted by Gasteiger charge is -2.18. The Morgan fingerprint density at radius 1 is 1.35 bits per heavy atom. The van der Waals surface area contributed by atoms with Gasteiger partial charge in [0.25, 0.3) is 0 Å². The normalized spacial score (nSPS) is 17.9. The molecule has 1 aromatic carbocycles. The van der Waals surface area contributed by atoms with Gasteiger partial charge in [0, 0.05) is 11.4 Å². The highest BCUT2D eigenvalue weighted by atomic mass is 19.4. The molecule has 2 rings (SSSR count). The summed E-state index contributed by atoms with van der Waals surface area (Å²) >= 11 is 0. The first-order valence-electron chi connectivity index (χ1n) is 5.22. The number of rotatable bonds is 3. The summed E-state index contributed by atoms with van der Waals surface area (Å²) in [7, 11) is 0. The van der Waals surface area contributed by atoms with Crippen LogP contribution >= 0.6 is 0 Å². The molecule has 3 nitrogen and oxygen atoms in total. The van der Waals surface area contributed by atoms with Crippen LogP contribution in [-0.2, 0) is 6.18 Å². The quantitative estimate of drug-likeness (QED) is 0.717. The van der Waals surface area contributed by atoms with Crippen LogP contribution in [0, 0.1) is 0 Å². The van der Waals surface area contributed by atoms with E-state index in [0.717, 1.165) is 18.9 Å². The third-order valence-corrected chi connectivity index (χ3v) is 2.92. The van der Waals surface area contributed by atoms with Gasteiger partial charge in [-0.1, -0.05) is 0 Å². The molecule has 0 bridgehead atoms. The second-order valence-electron chi connectivity index (χ2n) is 4.36. The van der Waals surface area contributed by atoms with Crippen molar-refractivity contribution in [3.63, 3.8) is 0 Å². The SMILES string of the molecule is Nc1ccc(NC2(CO)CC2)cc1C(F)(F)F. The van der Waals surface area contributed by atoms with Gasteiger partial charge < -0.3 is 16.2 Å². The maximum Gasteiger partial charge on any atom is 0.418 e. The fourth-order valence-electron chi connectivity index (χ4n) is 1.66. The number of anilines is 2. The highest BCUT2D eigenvalue weighted by Crippen LogP contribution is 2.40. The van der Waals surface area contributed by atoms with E-state index in [9.17, 15) is 13.2 Å². The summed E-state index contributed by atoms with van der Waals surface area (Å²) < 4.78 is 37.8. The van der Waals surface area contributed by atoms with Gasteiger partial charge in [0.2, 0.25) is 0 Å². The minimum Gasteiger partial charge on any atom is -0.398 e. The van der Waals surface area contributed by atoms with Gasteiger partial charge in [-0.2, -0.15) is 13.2 Å². The first-order valence-corrected chi connectivity index (χ1v) is 5.22.